The first-order chi connectivity index (χ1) is 4.74. The highest BCUT2D eigenvalue weighted by atomic mass is 35.5. The highest BCUT2D eigenvalue weighted by Gasteiger charge is 1.96. The van der Waals surface area contributed by atoms with Crippen molar-refractivity contribution >= 4 is 18.1 Å². The van der Waals surface area contributed by atoms with Crippen molar-refractivity contribution in [2.24, 2.45) is 0 Å². The summed E-state index contributed by atoms with van der Waals surface area (Å²) in [5, 5.41) is 9.21. The smallest absolute Gasteiger partial charge is 0.120 e. The lowest BCUT2D eigenvalue weighted by Crippen LogP contribution is -1.86. The quantitative estimate of drug-likeness (QED) is 0.638. The molecule has 1 aromatic carbocycles. The number of rotatable bonds is 1. The van der Waals surface area contributed by atoms with E-state index in [-0.39, 0.29) is 12.4 Å². The van der Waals surface area contributed by atoms with Crippen molar-refractivity contribution in [1.29, 1.82) is 0 Å². The molecule has 0 aliphatic carbocycles. The van der Waals surface area contributed by atoms with E-state index >= 15 is 0 Å². The maximum atomic E-state index is 9.21. The van der Waals surface area contributed by atoms with Gasteiger partial charge in [0, 0.05) is 11.8 Å². The van der Waals surface area contributed by atoms with Crippen molar-refractivity contribution in [1.82, 2.24) is 0 Å². The lowest BCUT2D eigenvalue weighted by atomic mass is 10.1. The van der Waals surface area contributed by atoms with E-state index in [1.165, 1.54) is 0 Å². The van der Waals surface area contributed by atoms with Crippen molar-refractivity contribution < 1.29 is 5.11 Å². The first kappa shape index (κ1) is 10.1. The van der Waals surface area contributed by atoms with Crippen LogP contribution in [0.2, 0.25) is 0 Å². The first-order valence-corrected chi connectivity index (χ1v) is 3.31. The molecule has 0 spiro atoms. The molecule has 3 N–H and O–H groups in total. The molecule has 62 valence electrons. The fourth-order valence-corrected chi connectivity index (χ4v) is 0.880. The molecule has 0 unspecified atom stereocenters. The van der Waals surface area contributed by atoms with Crippen LogP contribution in [0.1, 0.15) is 12.5 Å². The monoisotopic (exact) mass is 173 g/mol. The minimum absolute atomic E-state index is 0. The summed E-state index contributed by atoms with van der Waals surface area (Å²) < 4.78 is 0. The van der Waals surface area contributed by atoms with Crippen LogP contribution >= 0.6 is 12.4 Å². The Hall–Kier alpha value is -0.890. The summed E-state index contributed by atoms with van der Waals surface area (Å²) in [4.78, 5) is 0. The second-order valence-corrected chi connectivity index (χ2v) is 2.24. The summed E-state index contributed by atoms with van der Waals surface area (Å²) in [7, 11) is 0. The molecule has 0 bridgehead atoms. The van der Waals surface area contributed by atoms with E-state index in [4.69, 9.17) is 5.73 Å². The molecule has 0 atom stereocenters. The second-order valence-electron chi connectivity index (χ2n) is 2.24. The zero-order valence-electron chi connectivity index (χ0n) is 6.37. The summed E-state index contributed by atoms with van der Waals surface area (Å²) >= 11 is 0. The Morgan fingerprint density at radius 1 is 1.45 bits per heavy atom. The van der Waals surface area contributed by atoms with E-state index in [2.05, 4.69) is 0 Å². The number of aryl methyl sites for hydroxylation is 1. The first-order valence-electron chi connectivity index (χ1n) is 3.31. The maximum Gasteiger partial charge on any atom is 0.120 e. The van der Waals surface area contributed by atoms with Crippen LogP contribution in [-0.4, -0.2) is 5.11 Å². The standard InChI is InChI=1S/C8H11NO.ClH/c1-2-6-3-4-7(9)5-8(6)10;/h3-5,10H,2,9H2,1H3;1H. The van der Waals surface area contributed by atoms with E-state index in [0.29, 0.717) is 11.4 Å². The SMILES string of the molecule is CCc1ccc(N)cc1O.Cl. The molecule has 0 aliphatic rings. The Morgan fingerprint density at radius 3 is 2.55 bits per heavy atom. The molecule has 0 saturated heterocycles. The molecule has 0 aromatic heterocycles. The topological polar surface area (TPSA) is 46.2 Å². The molecular weight excluding hydrogens is 162 g/mol. The number of nitrogen functional groups attached to an aromatic ring is 1. The largest absolute Gasteiger partial charge is 0.508 e. The van der Waals surface area contributed by atoms with Crippen LogP contribution in [0.3, 0.4) is 0 Å². The number of hydrogen-bond donors (Lipinski definition) is 2. The van der Waals surface area contributed by atoms with Gasteiger partial charge >= 0.3 is 0 Å². The summed E-state index contributed by atoms with van der Waals surface area (Å²) in [6, 6.07) is 5.20. The normalized spacial score (nSPS) is 8.82. The van der Waals surface area contributed by atoms with Crippen molar-refractivity contribution in [3.63, 3.8) is 0 Å². The van der Waals surface area contributed by atoms with E-state index in [0.717, 1.165) is 12.0 Å². The summed E-state index contributed by atoms with van der Waals surface area (Å²) in [5.74, 6) is 0.294. The number of phenols is 1. The van der Waals surface area contributed by atoms with Crippen LogP contribution in [0.15, 0.2) is 18.2 Å². The van der Waals surface area contributed by atoms with Gasteiger partial charge in [0.2, 0.25) is 0 Å². The number of benzene rings is 1. The number of anilines is 1. The molecule has 11 heavy (non-hydrogen) atoms. The zero-order valence-corrected chi connectivity index (χ0v) is 7.19. The van der Waals surface area contributed by atoms with Crippen LogP contribution < -0.4 is 5.73 Å². The molecule has 0 saturated carbocycles. The summed E-state index contributed by atoms with van der Waals surface area (Å²) in [6.45, 7) is 1.99. The van der Waals surface area contributed by atoms with Gasteiger partial charge in [-0.2, -0.15) is 0 Å². The Labute approximate surface area is 72.4 Å². The maximum absolute atomic E-state index is 9.21. The Bertz CT molecular complexity index is 238. The third kappa shape index (κ3) is 2.31. The van der Waals surface area contributed by atoms with Crippen LogP contribution in [0.4, 0.5) is 5.69 Å². The number of aromatic hydroxyl groups is 1. The Morgan fingerprint density at radius 2 is 2.09 bits per heavy atom. The fourth-order valence-electron chi connectivity index (χ4n) is 0.880. The second kappa shape index (κ2) is 4.09. The molecule has 0 heterocycles. The van der Waals surface area contributed by atoms with Crippen molar-refractivity contribution in [2.45, 2.75) is 13.3 Å². The van der Waals surface area contributed by atoms with Gasteiger partial charge in [0.05, 0.1) is 0 Å². The van der Waals surface area contributed by atoms with E-state index in [1.807, 2.05) is 13.0 Å². The number of hydrogen-bond acceptors (Lipinski definition) is 2. The highest BCUT2D eigenvalue weighted by Crippen LogP contribution is 2.19. The third-order valence-electron chi connectivity index (χ3n) is 1.49. The Kier molecular flexibility index (Phi) is 3.76. The number of nitrogens with two attached hydrogens (primary N) is 1. The Balaban J connectivity index is 0.000001000. The number of halogens is 1. The van der Waals surface area contributed by atoms with Crippen LogP contribution in [0.25, 0.3) is 0 Å². The van der Waals surface area contributed by atoms with Gasteiger partial charge in [-0.15, -0.1) is 12.4 Å². The molecular formula is C8H12ClNO. The van der Waals surface area contributed by atoms with Gasteiger partial charge in [0.25, 0.3) is 0 Å². The number of phenolic OH excluding ortho intramolecular Hbond substituents is 1. The van der Waals surface area contributed by atoms with Crippen molar-refractivity contribution in [3.8, 4) is 5.75 Å². The minimum Gasteiger partial charge on any atom is -0.508 e. The average molecular weight is 174 g/mol. The van der Waals surface area contributed by atoms with E-state index < -0.39 is 0 Å². The third-order valence-corrected chi connectivity index (χ3v) is 1.49. The van der Waals surface area contributed by atoms with Gasteiger partial charge in [-0.25, -0.2) is 0 Å². The van der Waals surface area contributed by atoms with Gasteiger partial charge in [-0.1, -0.05) is 13.0 Å². The molecule has 0 amide bonds. The van der Waals surface area contributed by atoms with Crippen molar-refractivity contribution in [3.05, 3.63) is 23.8 Å². The van der Waals surface area contributed by atoms with Gasteiger partial charge in [0.15, 0.2) is 0 Å². The summed E-state index contributed by atoms with van der Waals surface area (Å²) in [5.41, 5.74) is 6.97. The molecule has 0 radical (unpaired) electrons. The predicted molar refractivity (Wildman–Crippen MR) is 49.1 cm³/mol. The van der Waals surface area contributed by atoms with Gasteiger partial charge in [-0.05, 0) is 18.1 Å². The highest BCUT2D eigenvalue weighted by molar-refractivity contribution is 5.85. The fraction of sp³-hybridized carbons (Fsp3) is 0.250. The average Bonchev–Trinajstić information content (AvgIpc) is 1.88. The molecule has 2 nitrogen and oxygen atoms in total. The van der Waals surface area contributed by atoms with E-state index in [1.54, 1.807) is 12.1 Å². The molecule has 0 fully saturated rings. The molecule has 1 aromatic rings. The predicted octanol–water partition coefficient (Wildman–Crippen LogP) is 1.96. The van der Waals surface area contributed by atoms with Gasteiger partial charge in [0.1, 0.15) is 5.75 Å². The molecule has 1 rings (SSSR count). The van der Waals surface area contributed by atoms with Crippen LogP contribution in [-0.2, 0) is 6.42 Å². The lowest BCUT2D eigenvalue weighted by Gasteiger charge is -2.00. The van der Waals surface area contributed by atoms with E-state index in [9.17, 15) is 5.11 Å². The van der Waals surface area contributed by atoms with Crippen LogP contribution in [0, 0.1) is 0 Å². The zero-order chi connectivity index (χ0) is 7.56. The van der Waals surface area contributed by atoms with Gasteiger partial charge < -0.3 is 10.8 Å². The molecule has 3 heteroatoms. The molecule has 0 aliphatic heterocycles. The lowest BCUT2D eigenvalue weighted by molar-refractivity contribution is 0.469. The minimum atomic E-state index is 0. The summed E-state index contributed by atoms with van der Waals surface area (Å²) in [6.07, 6.45) is 0.839. The van der Waals surface area contributed by atoms with Gasteiger partial charge in [-0.3, -0.25) is 0 Å². The van der Waals surface area contributed by atoms with Crippen molar-refractivity contribution in [2.75, 3.05) is 5.73 Å². The van der Waals surface area contributed by atoms with Crippen LogP contribution in [0.5, 0.6) is 5.75 Å².